The first kappa shape index (κ1) is 21.4. The topological polar surface area (TPSA) is 23.6 Å². The predicted molar refractivity (Wildman–Crippen MR) is 128 cm³/mol. The molecule has 2 aliphatic rings. The number of hydrogen-bond acceptors (Lipinski definition) is 3. The molecule has 2 aromatic carbocycles. The highest BCUT2D eigenvalue weighted by Gasteiger charge is 2.38. The van der Waals surface area contributed by atoms with Gasteiger partial charge in [-0.05, 0) is 90.0 Å². The summed E-state index contributed by atoms with van der Waals surface area (Å²) in [6.45, 7) is 4.74. The highest BCUT2D eigenvalue weighted by atomic mass is 32.1. The van der Waals surface area contributed by atoms with Crippen LogP contribution in [0.1, 0.15) is 46.2 Å². The fourth-order valence-electron chi connectivity index (χ4n) is 5.36. The van der Waals surface area contributed by atoms with Crippen LogP contribution in [0.15, 0.2) is 71.4 Å². The molecule has 3 aromatic rings. The zero-order valence-electron chi connectivity index (χ0n) is 18.2. The number of nitrogens with zero attached hydrogens (tertiary/aromatic N) is 2. The van der Waals surface area contributed by atoms with E-state index in [1.165, 1.54) is 11.1 Å². The number of carbonyl (C=O) groups excluding carboxylic acids is 1. The van der Waals surface area contributed by atoms with Gasteiger partial charge >= 0.3 is 0 Å². The van der Waals surface area contributed by atoms with Crippen molar-refractivity contribution in [3.05, 3.63) is 93.9 Å². The Labute approximate surface area is 193 Å². The molecular weight excluding hydrogens is 419 g/mol. The Hall–Kier alpha value is -2.50. The zero-order chi connectivity index (χ0) is 21.9. The number of carbonyl (C=O) groups is 1. The fourth-order valence-corrected chi connectivity index (χ4v) is 6.09. The molecule has 1 aromatic heterocycles. The minimum absolute atomic E-state index is 0.142. The summed E-state index contributed by atoms with van der Waals surface area (Å²) < 4.78 is 13.3. The van der Waals surface area contributed by atoms with E-state index in [-0.39, 0.29) is 11.7 Å². The second-order valence-electron chi connectivity index (χ2n) is 9.13. The predicted octanol–water partition coefficient (Wildman–Crippen LogP) is 5.62. The van der Waals surface area contributed by atoms with Gasteiger partial charge in [-0.2, -0.15) is 11.3 Å². The Balaban J connectivity index is 1.24. The van der Waals surface area contributed by atoms with Gasteiger partial charge in [-0.15, -0.1) is 0 Å². The average Bonchev–Trinajstić information content (AvgIpc) is 3.50. The lowest BCUT2D eigenvalue weighted by Crippen LogP contribution is -2.38. The number of piperidine rings is 1. The number of thiophene rings is 1. The van der Waals surface area contributed by atoms with Gasteiger partial charge in [-0.25, -0.2) is 4.39 Å². The number of halogens is 1. The summed E-state index contributed by atoms with van der Waals surface area (Å²) in [5.74, 6) is 1.33. The Bertz CT molecular complexity index is 1010. The summed E-state index contributed by atoms with van der Waals surface area (Å²) in [4.78, 5) is 17.7. The van der Waals surface area contributed by atoms with Crippen LogP contribution < -0.4 is 0 Å². The third-order valence-electron chi connectivity index (χ3n) is 7.14. The van der Waals surface area contributed by atoms with Crippen molar-refractivity contribution in [2.24, 2.45) is 5.92 Å². The maximum Gasteiger partial charge on any atom is 0.253 e. The molecule has 5 heteroatoms. The van der Waals surface area contributed by atoms with Gasteiger partial charge in [0, 0.05) is 31.1 Å². The summed E-state index contributed by atoms with van der Waals surface area (Å²) >= 11 is 1.74. The molecule has 0 N–H and O–H groups in total. The van der Waals surface area contributed by atoms with Gasteiger partial charge in [-0.1, -0.05) is 30.3 Å². The summed E-state index contributed by atoms with van der Waals surface area (Å²) in [7, 11) is 0. The number of benzene rings is 2. The van der Waals surface area contributed by atoms with Crippen LogP contribution in [0.2, 0.25) is 0 Å². The third kappa shape index (κ3) is 4.64. The van der Waals surface area contributed by atoms with Crippen molar-refractivity contribution in [1.29, 1.82) is 0 Å². The zero-order valence-corrected chi connectivity index (χ0v) is 19.0. The van der Waals surface area contributed by atoms with E-state index in [1.54, 1.807) is 23.5 Å². The Morgan fingerprint density at radius 2 is 1.69 bits per heavy atom. The SMILES string of the molecule is O=C(c1ccccc1)N1CC(CN2CCC(c3ccc(F)cc3)CC2)C(c2ccsc2)C1. The molecule has 3 nitrogen and oxygen atoms in total. The van der Waals surface area contributed by atoms with Gasteiger partial charge in [0.05, 0.1) is 0 Å². The molecule has 1 amide bonds. The van der Waals surface area contributed by atoms with Crippen molar-refractivity contribution in [2.75, 3.05) is 32.7 Å². The largest absolute Gasteiger partial charge is 0.338 e. The number of amides is 1. The third-order valence-corrected chi connectivity index (χ3v) is 7.84. The van der Waals surface area contributed by atoms with Crippen LogP contribution in [0.25, 0.3) is 0 Å². The van der Waals surface area contributed by atoms with Crippen LogP contribution in [0.4, 0.5) is 4.39 Å². The fraction of sp³-hybridized carbons (Fsp3) is 0.370. The molecule has 5 rings (SSSR count). The molecule has 0 aliphatic carbocycles. The maximum absolute atomic E-state index is 13.3. The number of hydrogen-bond donors (Lipinski definition) is 0. The first-order valence-electron chi connectivity index (χ1n) is 11.5. The lowest BCUT2D eigenvalue weighted by Gasteiger charge is -2.34. The van der Waals surface area contributed by atoms with Crippen molar-refractivity contribution in [2.45, 2.75) is 24.7 Å². The normalized spacial score (nSPS) is 22.3. The van der Waals surface area contributed by atoms with Crippen LogP contribution in [-0.4, -0.2) is 48.4 Å². The van der Waals surface area contributed by atoms with Crippen LogP contribution in [0.5, 0.6) is 0 Å². The van der Waals surface area contributed by atoms with E-state index in [1.807, 2.05) is 47.4 Å². The Kier molecular flexibility index (Phi) is 6.37. The minimum atomic E-state index is -0.165. The average molecular weight is 449 g/mol. The summed E-state index contributed by atoms with van der Waals surface area (Å²) in [6.07, 6.45) is 2.21. The number of likely N-dealkylation sites (tertiary alicyclic amines) is 2. The van der Waals surface area contributed by atoms with Crippen LogP contribution in [-0.2, 0) is 0 Å². The van der Waals surface area contributed by atoms with Crippen LogP contribution in [0.3, 0.4) is 0 Å². The molecule has 2 fully saturated rings. The highest BCUT2D eigenvalue weighted by Crippen LogP contribution is 2.36. The second kappa shape index (κ2) is 9.55. The van der Waals surface area contributed by atoms with E-state index in [4.69, 9.17) is 0 Å². The molecule has 0 radical (unpaired) electrons. The molecule has 32 heavy (non-hydrogen) atoms. The van der Waals surface area contributed by atoms with Crippen LogP contribution in [0, 0.1) is 11.7 Å². The first-order chi connectivity index (χ1) is 15.7. The first-order valence-corrected chi connectivity index (χ1v) is 12.5. The van der Waals surface area contributed by atoms with Crippen molar-refractivity contribution in [1.82, 2.24) is 9.80 Å². The van der Waals surface area contributed by atoms with E-state index in [0.717, 1.165) is 51.1 Å². The molecule has 0 saturated carbocycles. The molecule has 0 bridgehead atoms. The molecule has 166 valence electrons. The van der Waals surface area contributed by atoms with E-state index in [9.17, 15) is 9.18 Å². The Morgan fingerprint density at radius 1 is 0.938 bits per heavy atom. The van der Waals surface area contributed by atoms with E-state index in [0.29, 0.717) is 17.8 Å². The van der Waals surface area contributed by atoms with Gasteiger partial charge in [0.2, 0.25) is 0 Å². The molecule has 3 heterocycles. The maximum atomic E-state index is 13.3. The molecule has 2 atom stereocenters. The molecule has 2 unspecified atom stereocenters. The summed E-state index contributed by atoms with van der Waals surface area (Å²) in [6, 6.07) is 18.9. The minimum Gasteiger partial charge on any atom is -0.338 e. The summed E-state index contributed by atoms with van der Waals surface area (Å²) in [5.41, 5.74) is 3.39. The lowest BCUT2D eigenvalue weighted by molar-refractivity contribution is 0.0781. The van der Waals surface area contributed by atoms with Gasteiger partial charge in [0.25, 0.3) is 5.91 Å². The van der Waals surface area contributed by atoms with Crippen molar-refractivity contribution in [3.8, 4) is 0 Å². The van der Waals surface area contributed by atoms with E-state index < -0.39 is 0 Å². The number of rotatable bonds is 5. The van der Waals surface area contributed by atoms with Crippen molar-refractivity contribution < 1.29 is 9.18 Å². The van der Waals surface area contributed by atoms with Gasteiger partial charge in [-0.3, -0.25) is 4.79 Å². The second-order valence-corrected chi connectivity index (χ2v) is 9.91. The smallest absolute Gasteiger partial charge is 0.253 e. The van der Waals surface area contributed by atoms with Crippen molar-refractivity contribution in [3.63, 3.8) is 0 Å². The monoisotopic (exact) mass is 448 g/mol. The van der Waals surface area contributed by atoms with E-state index in [2.05, 4.69) is 21.7 Å². The van der Waals surface area contributed by atoms with E-state index >= 15 is 0 Å². The van der Waals surface area contributed by atoms with Gasteiger partial charge in [0.15, 0.2) is 0 Å². The molecule has 2 aliphatic heterocycles. The molecular formula is C27H29FN2OS. The molecule has 2 saturated heterocycles. The van der Waals surface area contributed by atoms with Crippen molar-refractivity contribution >= 4 is 17.2 Å². The molecule has 0 spiro atoms. The highest BCUT2D eigenvalue weighted by molar-refractivity contribution is 7.08. The van der Waals surface area contributed by atoms with Gasteiger partial charge in [0.1, 0.15) is 5.82 Å². The quantitative estimate of drug-likeness (QED) is 0.506. The summed E-state index contributed by atoms with van der Waals surface area (Å²) in [5, 5.41) is 4.39. The Morgan fingerprint density at radius 3 is 2.38 bits per heavy atom. The standard InChI is InChI=1S/C27H29FN2OS/c28-25-8-6-20(7-9-25)21-10-13-29(14-11-21)16-24-17-30(18-26(24)23-12-15-32-19-23)27(31)22-4-2-1-3-5-22/h1-9,12,15,19,21,24,26H,10-11,13-14,16-18H2. The lowest BCUT2D eigenvalue weighted by atomic mass is 9.87. The van der Waals surface area contributed by atoms with Crippen LogP contribution >= 0.6 is 11.3 Å². The van der Waals surface area contributed by atoms with Gasteiger partial charge < -0.3 is 9.80 Å².